The molecule has 0 aromatic heterocycles. The number of fused-ring (bicyclic) bond motifs is 1. The smallest absolute Gasteiger partial charge is 0.126 e. The first kappa shape index (κ1) is 10.9. The van der Waals surface area contributed by atoms with Crippen LogP contribution >= 0.6 is 0 Å². The number of hydrogen-bond acceptors (Lipinski definition) is 2. The predicted octanol–water partition coefficient (Wildman–Crippen LogP) is 3.42. The van der Waals surface area contributed by atoms with Crippen molar-refractivity contribution in [1.29, 1.82) is 0 Å². The van der Waals surface area contributed by atoms with Crippen LogP contribution in [0.2, 0.25) is 0 Å². The van der Waals surface area contributed by atoms with Gasteiger partial charge in [0.25, 0.3) is 0 Å². The molecule has 2 aliphatic rings. The molecule has 1 aliphatic carbocycles. The van der Waals surface area contributed by atoms with Crippen LogP contribution in [0, 0.1) is 26.2 Å². The number of aromatic hydroxyl groups is 1. The Hall–Kier alpha value is -1.18. The van der Waals surface area contributed by atoms with Crippen molar-refractivity contribution >= 4 is 0 Å². The molecule has 0 bridgehead atoms. The molecule has 17 heavy (non-hydrogen) atoms. The summed E-state index contributed by atoms with van der Waals surface area (Å²) in [5.74, 6) is 1.50. The normalized spacial score (nSPS) is 20.6. The molecule has 0 atom stereocenters. The van der Waals surface area contributed by atoms with Crippen molar-refractivity contribution in [2.45, 2.75) is 46.5 Å². The molecule has 1 N–H and O–H groups in total. The number of benzene rings is 1. The zero-order valence-electron chi connectivity index (χ0n) is 10.9. The molecular formula is C15H20O2. The summed E-state index contributed by atoms with van der Waals surface area (Å²) in [6.45, 7) is 6.90. The Kier molecular flexibility index (Phi) is 2.19. The molecule has 1 saturated carbocycles. The highest BCUT2D eigenvalue weighted by Crippen LogP contribution is 2.51. The maximum absolute atomic E-state index is 10.1. The van der Waals surface area contributed by atoms with Gasteiger partial charge in [0.05, 0.1) is 6.61 Å². The molecule has 0 radical (unpaired) electrons. The van der Waals surface area contributed by atoms with Gasteiger partial charge in [0.2, 0.25) is 0 Å². The summed E-state index contributed by atoms with van der Waals surface area (Å²) in [4.78, 5) is 0. The van der Waals surface area contributed by atoms with E-state index in [1.54, 1.807) is 0 Å². The molecule has 3 rings (SSSR count). The SMILES string of the molecule is Cc1c(C)c2c(c(C)c1O)CC1(CCC1)CO2. The van der Waals surface area contributed by atoms with Crippen LogP contribution in [0.4, 0.5) is 0 Å². The molecule has 1 heterocycles. The standard InChI is InChI=1S/C15H20O2/c1-9-10(2)14-12(11(3)13(9)16)7-15(8-17-14)5-4-6-15/h16H,4-8H2,1-3H3. The van der Waals surface area contributed by atoms with Gasteiger partial charge < -0.3 is 9.84 Å². The number of phenolic OH excluding ortho intramolecular Hbond substituents is 1. The van der Waals surface area contributed by atoms with E-state index in [1.807, 2.05) is 20.8 Å². The lowest BCUT2D eigenvalue weighted by Crippen LogP contribution is -2.41. The van der Waals surface area contributed by atoms with Crippen LogP contribution in [0.5, 0.6) is 11.5 Å². The molecular weight excluding hydrogens is 212 g/mol. The van der Waals surface area contributed by atoms with Crippen molar-refractivity contribution < 1.29 is 9.84 Å². The van der Waals surface area contributed by atoms with Crippen molar-refractivity contribution in [1.82, 2.24) is 0 Å². The zero-order chi connectivity index (χ0) is 12.2. The molecule has 1 aromatic rings. The number of hydrogen-bond donors (Lipinski definition) is 1. The molecule has 1 spiro atoms. The second-order valence-corrected chi connectivity index (χ2v) is 5.85. The van der Waals surface area contributed by atoms with Gasteiger partial charge in [-0.2, -0.15) is 0 Å². The largest absolute Gasteiger partial charge is 0.507 e. The zero-order valence-corrected chi connectivity index (χ0v) is 10.9. The lowest BCUT2D eigenvalue weighted by molar-refractivity contribution is 0.0401. The molecule has 0 unspecified atom stereocenters. The maximum atomic E-state index is 10.1. The van der Waals surface area contributed by atoms with Crippen molar-refractivity contribution in [3.8, 4) is 11.5 Å². The predicted molar refractivity (Wildman–Crippen MR) is 67.8 cm³/mol. The van der Waals surface area contributed by atoms with Gasteiger partial charge >= 0.3 is 0 Å². The third-order valence-electron chi connectivity index (χ3n) is 4.83. The maximum Gasteiger partial charge on any atom is 0.126 e. The Bertz CT molecular complexity index is 484. The summed E-state index contributed by atoms with van der Waals surface area (Å²) in [5.41, 5.74) is 4.72. The van der Waals surface area contributed by atoms with Crippen LogP contribution in [0.25, 0.3) is 0 Å². The topological polar surface area (TPSA) is 29.5 Å². The minimum Gasteiger partial charge on any atom is -0.507 e. The van der Waals surface area contributed by atoms with E-state index >= 15 is 0 Å². The van der Waals surface area contributed by atoms with Gasteiger partial charge in [-0.3, -0.25) is 0 Å². The molecule has 2 heteroatoms. The quantitative estimate of drug-likeness (QED) is 0.742. The third-order valence-corrected chi connectivity index (χ3v) is 4.83. The summed E-state index contributed by atoms with van der Waals surface area (Å²) < 4.78 is 6.02. The van der Waals surface area contributed by atoms with Crippen LogP contribution in [0.1, 0.15) is 41.5 Å². The number of ether oxygens (including phenoxy) is 1. The monoisotopic (exact) mass is 232 g/mol. The minimum absolute atomic E-state index is 0.381. The van der Waals surface area contributed by atoms with Crippen LogP contribution in [0.3, 0.4) is 0 Å². The lowest BCUT2D eigenvalue weighted by Gasteiger charge is -2.45. The Labute approximate surface area is 103 Å². The first-order valence-electron chi connectivity index (χ1n) is 6.48. The fourth-order valence-corrected chi connectivity index (χ4v) is 3.23. The van der Waals surface area contributed by atoms with Gasteiger partial charge in [-0.1, -0.05) is 6.42 Å². The summed E-state index contributed by atoms with van der Waals surface area (Å²) in [6, 6.07) is 0. The average Bonchev–Trinajstić information content (AvgIpc) is 2.31. The van der Waals surface area contributed by atoms with E-state index in [2.05, 4.69) is 0 Å². The molecule has 1 fully saturated rings. The fraction of sp³-hybridized carbons (Fsp3) is 0.600. The summed E-state index contributed by atoms with van der Waals surface area (Å²) in [6.07, 6.45) is 4.97. The van der Waals surface area contributed by atoms with Gasteiger partial charge in [0, 0.05) is 11.0 Å². The van der Waals surface area contributed by atoms with Gasteiger partial charge in [0.1, 0.15) is 11.5 Å². The van der Waals surface area contributed by atoms with Gasteiger partial charge in [-0.05, 0) is 56.7 Å². The molecule has 0 amide bonds. The summed E-state index contributed by atoms with van der Waals surface area (Å²) >= 11 is 0. The number of rotatable bonds is 0. The first-order valence-corrected chi connectivity index (χ1v) is 6.48. The molecule has 1 aliphatic heterocycles. The molecule has 0 saturated heterocycles. The Morgan fingerprint density at radius 3 is 2.35 bits per heavy atom. The van der Waals surface area contributed by atoms with Crippen LogP contribution < -0.4 is 4.74 Å². The van der Waals surface area contributed by atoms with Gasteiger partial charge in [0.15, 0.2) is 0 Å². The van der Waals surface area contributed by atoms with E-state index in [1.165, 1.54) is 24.8 Å². The third kappa shape index (κ3) is 1.39. The van der Waals surface area contributed by atoms with Crippen molar-refractivity contribution in [3.05, 3.63) is 22.3 Å². The van der Waals surface area contributed by atoms with Gasteiger partial charge in [-0.15, -0.1) is 0 Å². The van der Waals surface area contributed by atoms with Crippen molar-refractivity contribution in [3.63, 3.8) is 0 Å². The average molecular weight is 232 g/mol. The highest BCUT2D eigenvalue weighted by molar-refractivity contribution is 5.58. The van der Waals surface area contributed by atoms with E-state index in [0.29, 0.717) is 11.2 Å². The van der Waals surface area contributed by atoms with Gasteiger partial charge in [-0.25, -0.2) is 0 Å². The van der Waals surface area contributed by atoms with E-state index in [9.17, 15) is 5.11 Å². The first-order chi connectivity index (χ1) is 8.04. The fourth-order valence-electron chi connectivity index (χ4n) is 3.23. The van der Waals surface area contributed by atoms with Crippen molar-refractivity contribution in [2.75, 3.05) is 6.61 Å². The molecule has 2 nitrogen and oxygen atoms in total. The Morgan fingerprint density at radius 1 is 1.06 bits per heavy atom. The summed E-state index contributed by atoms with van der Waals surface area (Å²) in [5, 5.41) is 10.1. The van der Waals surface area contributed by atoms with Crippen LogP contribution in [0.15, 0.2) is 0 Å². The van der Waals surface area contributed by atoms with E-state index in [-0.39, 0.29) is 0 Å². The van der Waals surface area contributed by atoms with Crippen LogP contribution in [-0.2, 0) is 6.42 Å². The summed E-state index contributed by atoms with van der Waals surface area (Å²) in [7, 11) is 0. The Morgan fingerprint density at radius 2 is 1.76 bits per heavy atom. The van der Waals surface area contributed by atoms with Crippen LogP contribution in [-0.4, -0.2) is 11.7 Å². The highest BCUT2D eigenvalue weighted by atomic mass is 16.5. The Balaban J connectivity index is 2.13. The van der Waals surface area contributed by atoms with E-state index < -0.39 is 0 Å². The lowest BCUT2D eigenvalue weighted by atomic mass is 9.64. The van der Waals surface area contributed by atoms with E-state index in [4.69, 9.17) is 4.74 Å². The second-order valence-electron chi connectivity index (χ2n) is 5.85. The van der Waals surface area contributed by atoms with E-state index in [0.717, 1.165) is 35.5 Å². The molecule has 1 aromatic carbocycles. The molecule has 92 valence electrons. The number of phenols is 1. The minimum atomic E-state index is 0.381. The van der Waals surface area contributed by atoms with Crippen molar-refractivity contribution in [2.24, 2.45) is 5.41 Å². The highest BCUT2D eigenvalue weighted by Gasteiger charge is 2.42. The second kappa shape index (κ2) is 3.41.